The van der Waals surface area contributed by atoms with Gasteiger partial charge in [0.25, 0.3) is 5.78 Å². The molecule has 0 saturated carbocycles. The van der Waals surface area contributed by atoms with Crippen LogP contribution in [0.25, 0.3) is 27.9 Å². The second-order valence-corrected chi connectivity index (χ2v) is 6.95. The molecule has 0 saturated heterocycles. The minimum Gasteiger partial charge on any atom is -0.481 e. The van der Waals surface area contributed by atoms with Gasteiger partial charge in [0, 0.05) is 37.6 Å². The number of rotatable bonds is 5. The minimum atomic E-state index is 0.491. The average molecular weight is 412 g/mol. The van der Waals surface area contributed by atoms with E-state index in [-0.39, 0.29) is 0 Å². The zero-order valence-corrected chi connectivity index (χ0v) is 17.3. The number of aromatic nitrogens is 6. The summed E-state index contributed by atoms with van der Waals surface area (Å²) >= 11 is 0. The van der Waals surface area contributed by atoms with Gasteiger partial charge in [0.1, 0.15) is 18.0 Å². The van der Waals surface area contributed by atoms with E-state index in [1.165, 1.54) is 0 Å². The number of hydrogen-bond acceptors (Lipinski definition) is 8. The summed E-state index contributed by atoms with van der Waals surface area (Å²) in [6, 6.07) is 16.0. The van der Waals surface area contributed by atoms with Gasteiger partial charge in [-0.3, -0.25) is 0 Å². The monoisotopic (exact) mass is 412 g/mol. The van der Waals surface area contributed by atoms with Crippen LogP contribution in [-0.2, 0) is 0 Å². The first-order valence-corrected chi connectivity index (χ1v) is 9.70. The standard InChI is InChI=1S/C22H20N8O/c1-23-18-9-8-17-20(27-22-28-25-13-30(22)21(17)26-18)29(2)16-6-4-5-14(11-16)15-7-10-19(31-3)24-12-15/h4-13H,1-3H3,(H,23,26). The van der Waals surface area contributed by atoms with Crippen LogP contribution in [-0.4, -0.2) is 50.8 Å². The number of ether oxygens (including phenoxy) is 1. The maximum absolute atomic E-state index is 5.16. The molecule has 9 nitrogen and oxygen atoms in total. The van der Waals surface area contributed by atoms with E-state index in [1.54, 1.807) is 24.0 Å². The molecule has 0 amide bonds. The first-order chi connectivity index (χ1) is 15.2. The molecule has 0 aliphatic carbocycles. The molecule has 5 rings (SSSR count). The quantitative estimate of drug-likeness (QED) is 0.468. The smallest absolute Gasteiger partial charge is 0.258 e. The lowest BCUT2D eigenvalue weighted by atomic mass is 10.1. The largest absolute Gasteiger partial charge is 0.481 e. The Morgan fingerprint density at radius 2 is 1.94 bits per heavy atom. The van der Waals surface area contributed by atoms with Crippen molar-refractivity contribution in [1.82, 2.24) is 29.5 Å². The zero-order valence-electron chi connectivity index (χ0n) is 17.3. The Balaban J connectivity index is 1.62. The fourth-order valence-corrected chi connectivity index (χ4v) is 3.50. The Labute approximate surface area is 178 Å². The van der Waals surface area contributed by atoms with Crippen LogP contribution in [0.1, 0.15) is 0 Å². The Morgan fingerprint density at radius 1 is 1.03 bits per heavy atom. The highest BCUT2D eigenvalue weighted by atomic mass is 16.5. The van der Waals surface area contributed by atoms with E-state index in [9.17, 15) is 0 Å². The second kappa shape index (κ2) is 7.52. The second-order valence-electron chi connectivity index (χ2n) is 6.95. The number of methoxy groups -OCH3 is 1. The third-order valence-corrected chi connectivity index (χ3v) is 5.17. The van der Waals surface area contributed by atoms with Crippen molar-refractivity contribution in [3.8, 4) is 17.0 Å². The van der Waals surface area contributed by atoms with Gasteiger partial charge >= 0.3 is 0 Å². The topological polar surface area (TPSA) is 93.4 Å². The van der Waals surface area contributed by atoms with Crippen molar-refractivity contribution in [3.63, 3.8) is 0 Å². The number of benzene rings is 1. The van der Waals surface area contributed by atoms with Crippen molar-refractivity contribution in [1.29, 1.82) is 0 Å². The van der Waals surface area contributed by atoms with Crippen molar-refractivity contribution < 1.29 is 4.74 Å². The predicted molar refractivity (Wildman–Crippen MR) is 120 cm³/mol. The van der Waals surface area contributed by atoms with Crippen LogP contribution in [0.15, 0.2) is 61.1 Å². The molecule has 0 fully saturated rings. The first kappa shape index (κ1) is 18.7. The van der Waals surface area contributed by atoms with E-state index in [1.807, 2.05) is 55.4 Å². The summed E-state index contributed by atoms with van der Waals surface area (Å²) in [5.41, 5.74) is 3.76. The maximum atomic E-state index is 5.16. The van der Waals surface area contributed by atoms with Crippen LogP contribution in [0.3, 0.4) is 0 Å². The molecule has 0 aliphatic rings. The molecule has 5 aromatic rings. The lowest BCUT2D eigenvalue weighted by Gasteiger charge is -2.21. The molecule has 9 heteroatoms. The Kier molecular flexibility index (Phi) is 4.55. The molecule has 4 heterocycles. The highest BCUT2D eigenvalue weighted by Gasteiger charge is 2.16. The summed E-state index contributed by atoms with van der Waals surface area (Å²) in [5, 5.41) is 12.1. The number of anilines is 3. The molecule has 0 atom stereocenters. The summed E-state index contributed by atoms with van der Waals surface area (Å²) in [7, 11) is 5.42. The Hall–Kier alpha value is -4.27. The van der Waals surface area contributed by atoms with Crippen molar-refractivity contribution in [2.45, 2.75) is 0 Å². The van der Waals surface area contributed by atoms with Crippen molar-refractivity contribution in [3.05, 3.63) is 61.1 Å². The average Bonchev–Trinajstić information content (AvgIpc) is 3.32. The fraction of sp³-hybridized carbons (Fsp3) is 0.136. The van der Waals surface area contributed by atoms with Crippen LogP contribution in [0.5, 0.6) is 5.88 Å². The van der Waals surface area contributed by atoms with Gasteiger partial charge in [0.2, 0.25) is 5.88 Å². The normalized spacial score (nSPS) is 11.1. The van der Waals surface area contributed by atoms with E-state index in [2.05, 4.69) is 32.6 Å². The number of pyridine rings is 2. The zero-order chi connectivity index (χ0) is 21.4. The van der Waals surface area contributed by atoms with Crippen LogP contribution >= 0.6 is 0 Å². The molecule has 1 aromatic carbocycles. The molecule has 154 valence electrons. The van der Waals surface area contributed by atoms with E-state index in [4.69, 9.17) is 14.7 Å². The van der Waals surface area contributed by atoms with E-state index >= 15 is 0 Å². The van der Waals surface area contributed by atoms with Crippen LogP contribution in [0.4, 0.5) is 17.3 Å². The molecule has 1 N–H and O–H groups in total. The van der Waals surface area contributed by atoms with Gasteiger partial charge < -0.3 is 15.0 Å². The first-order valence-electron chi connectivity index (χ1n) is 9.70. The maximum Gasteiger partial charge on any atom is 0.258 e. The SMILES string of the molecule is CNc1ccc2c(N(C)c3cccc(-c4ccc(OC)nc4)c3)nc3nncn3c2n1. The van der Waals surface area contributed by atoms with E-state index in [0.717, 1.165) is 39.5 Å². The van der Waals surface area contributed by atoms with Crippen molar-refractivity contribution in [2.75, 3.05) is 31.4 Å². The summed E-state index contributed by atoms with van der Waals surface area (Å²) in [6.07, 6.45) is 3.43. The van der Waals surface area contributed by atoms with E-state index in [0.29, 0.717) is 11.7 Å². The van der Waals surface area contributed by atoms with Gasteiger partial charge in [-0.1, -0.05) is 12.1 Å². The van der Waals surface area contributed by atoms with Crippen LogP contribution < -0.4 is 15.0 Å². The third kappa shape index (κ3) is 3.25. The van der Waals surface area contributed by atoms with Gasteiger partial charge in [-0.05, 0) is 35.9 Å². The summed E-state index contributed by atoms with van der Waals surface area (Å²) in [5.74, 6) is 2.58. The van der Waals surface area contributed by atoms with Crippen molar-refractivity contribution in [2.24, 2.45) is 0 Å². The number of hydrogen-bond donors (Lipinski definition) is 1. The lowest BCUT2D eigenvalue weighted by Crippen LogP contribution is -2.13. The summed E-state index contributed by atoms with van der Waals surface area (Å²) in [4.78, 5) is 15.8. The molecule has 0 aliphatic heterocycles. The van der Waals surface area contributed by atoms with Gasteiger partial charge in [0.15, 0.2) is 5.65 Å². The lowest BCUT2D eigenvalue weighted by molar-refractivity contribution is 0.398. The number of nitrogens with one attached hydrogen (secondary N) is 1. The number of nitrogens with zero attached hydrogens (tertiary/aromatic N) is 7. The van der Waals surface area contributed by atoms with E-state index < -0.39 is 0 Å². The molecule has 0 spiro atoms. The molecular weight excluding hydrogens is 392 g/mol. The Morgan fingerprint density at radius 3 is 2.71 bits per heavy atom. The molecule has 0 radical (unpaired) electrons. The summed E-state index contributed by atoms with van der Waals surface area (Å²) in [6.45, 7) is 0. The third-order valence-electron chi connectivity index (χ3n) is 5.17. The highest BCUT2D eigenvalue weighted by molar-refractivity contribution is 5.92. The van der Waals surface area contributed by atoms with Gasteiger partial charge in [-0.15, -0.1) is 10.2 Å². The van der Waals surface area contributed by atoms with Gasteiger partial charge in [-0.25, -0.2) is 14.4 Å². The highest BCUT2D eigenvalue weighted by Crippen LogP contribution is 2.32. The van der Waals surface area contributed by atoms with Crippen LogP contribution in [0.2, 0.25) is 0 Å². The fourth-order valence-electron chi connectivity index (χ4n) is 3.50. The predicted octanol–water partition coefficient (Wildman–Crippen LogP) is 3.55. The van der Waals surface area contributed by atoms with Gasteiger partial charge in [-0.2, -0.15) is 4.98 Å². The molecule has 0 unspecified atom stereocenters. The summed E-state index contributed by atoms with van der Waals surface area (Å²) < 4.78 is 6.94. The van der Waals surface area contributed by atoms with Crippen LogP contribution in [0, 0.1) is 0 Å². The molecule has 0 bridgehead atoms. The minimum absolute atomic E-state index is 0.491. The molecule has 31 heavy (non-hydrogen) atoms. The van der Waals surface area contributed by atoms with Gasteiger partial charge in [0.05, 0.1) is 12.5 Å². The molecule has 4 aromatic heterocycles. The molecular formula is C22H20N8O. The number of fused-ring (bicyclic) bond motifs is 3. The van der Waals surface area contributed by atoms with Crippen molar-refractivity contribution >= 4 is 34.1 Å². The Bertz CT molecular complexity index is 1380.